The first-order valence-electron chi connectivity index (χ1n) is 8.48. The van der Waals surface area contributed by atoms with Gasteiger partial charge in [-0.25, -0.2) is 4.39 Å². The van der Waals surface area contributed by atoms with Gasteiger partial charge in [0.25, 0.3) is 11.6 Å². The first-order chi connectivity index (χ1) is 12.9. The molecule has 3 rings (SSSR count). The van der Waals surface area contributed by atoms with Gasteiger partial charge in [-0.3, -0.25) is 19.8 Å². The van der Waals surface area contributed by atoms with Crippen molar-refractivity contribution in [3.05, 3.63) is 55.5 Å². The number of hydrogen-bond acceptors (Lipinski definition) is 6. The molecule has 1 saturated heterocycles. The molecule has 1 aliphatic rings. The minimum Gasteiger partial charge on any atom is -0.494 e. The van der Waals surface area contributed by atoms with Gasteiger partial charge in [-0.05, 0) is 24.6 Å². The molecule has 0 spiro atoms. The van der Waals surface area contributed by atoms with Crippen LogP contribution in [0.15, 0.2) is 24.3 Å². The highest BCUT2D eigenvalue weighted by atomic mass is 32.1. The van der Waals surface area contributed by atoms with Crippen LogP contribution in [0.2, 0.25) is 0 Å². The molecule has 0 bridgehead atoms. The van der Waals surface area contributed by atoms with Gasteiger partial charge in [0.2, 0.25) is 0 Å². The van der Waals surface area contributed by atoms with Crippen molar-refractivity contribution in [1.82, 2.24) is 9.80 Å². The third kappa shape index (κ3) is 4.25. The zero-order valence-electron chi connectivity index (χ0n) is 15.1. The molecule has 27 heavy (non-hydrogen) atoms. The van der Waals surface area contributed by atoms with Crippen LogP contribution in [-0.4, -0.2) is 53.9 Å². The lowest BCUT2D eigenvalue weighted by Crippen LogP contribution is -2.48. The molecule has 0 radical (unpaired) electrons. The molecule has 144 valence electrons. The molecule has 9 heteroatoms. The number of carbonyl (C=O) groups excluding carboxylic acids is 1. The number of nitrogens with zero attached hydrogens (tertiary/aromatic N) is 3. The van der Waals surface area contributed by atoms with Gasteiger partial charge in [0.1, 0.15) is 0 Å². The Morgan fingerprint density at radius 2 is 2.00 bits per heavy atom. The molecule has 2 aromatic rings. The fourth-order valence-electron chi connectivity index (χ4n) is 3.09. The largest absolute Gasteiger partial charge is 0.494 e. The number of aryl methyl sites for hydroxylation is 1. The highest BCUT2D eigenvalue weighted by Crippen LogP contribution is 2.29. The second kappa shape index (κ2) is 8.01. The number of amides is 1. The zero-order chi connectivity index (χ0) is 19.6. The number of thiophene rings is 1. The molecule has 1 fully saturated rings. The molecular weight excluding hydrogens is 373 g/mol. The van der Waals surface area contributed by atoms with Gasteiger partial charge in [-0.1, -0.05) is 6.07 Å². The lowest BCUT2D eigenvalue weighted by atomic mass is 10.1. The van der Waals surface area contributed by atoms with Crippen molar-refractivity contribution in [1.29, 1.82) is 0 Å². The Morgan fingerprint density at radius 1 is 1.30 bits per heavy atom. The third-order valence-corrected chi connectivity index (χ3v) is 5.61. The second-order valence-corrected chi connectivity index (χ2v) is 7.60. The van der Waals surface area contributed by atoms with Crippen molar-refractivity contribution in [2.45, 2.75) is 13.5 Å². The van der Waals surface area contributed by atoms with E-state index in [1.165, 1.54) is 19.2 Å². The molecule has 0 saturated carbocycles. The van der Waals surface area contributed by atoms with Crippen LogP contribution in [0.5, 0.6) is 5.75 Å². The van der Waals surface area contributed by atoms with Gasteiger partial charge < -0.3 is 9.64 Å². The summed E-state index contributed by atoms with van der Waals surface area (Å²) in [5, 5.41) is 11.0. The number of hydrogen-bond donors (Lipinski definition) is 0. The van der Waals surface area contributed by atoms with Crippen LogP contribution >= 0.6 is 11.3 Å². The Bertz CT molecular complexity index is 862. The Hall–Kier alpha value is -2.52. The number of piperazine rings is 1. The number of rotatable bonds is 5. The van der Waals surface area contributed by atoms with E-state index < -0.39 is 10.7 Å². The SMILES string of the molecule is COc1ccc(CN2CCN(C(=O)c3cc([N+](=O)[O-])c(C)s3)CC2)cc1F. The summed E-state index contributed by atoms with van der Waals surface area (Å²) in [4.78, 5) is 27.9. The van der Waals surface area contributed by atoms with Crippen molar-refractivity contribution < 1.29 is 18.8 Å². The average molecular weight is 393 g/mol. The Labute approximate surface area is 160 Å². The van der Waals surface area contributed by atoms with Crippen molar-refractivity contribution in [3.63, 3.8) is 0 Å². The first-order valence-corrected chi connectivity index (χ1v) is 9.29. The van der Waals surface area contributed by atoms with Crippen LogP contribution in [0.4, 0.5) is 10.1 Å². The molecule has 1 amide bonds. The minimum absolute atomic E-state index is 0.0106. The second-order valence-electron chi connectivity index (χ2n) is 6.35. The monoisotopic (exact) mass is 393 g/mol. The Balaban J connectivity index is 1.58. The van der Waals surface area contributed by atoms with Gasteiger partial charge in [0, 0.05) is 38.8 Å². The average Bonchev–Trinajstić information content (AvgIpc) is 3.04. The Morgan fingerprint density at radius 3 is 2.56 bits per heavy atom. The number of nitro groups is 1. The van der Waals surface area contributed by atoms with Crippen LogP contribution in [0.3, 0.4) is 0 Å². The summed E-state index contributed by atoms with van der Waals surface area (Å²) < 4.78 is 18.7. The lowest BCUT2D eigenvalue weighted by molar-refractivity contribution is -0.385. The predicted molar refractivity (Wildman–Crippen MR) is 99.8 cm³/mol. The molecule has 1 aromatic carbocycles. The lowest BCUT2D eigenvalue weighted by Gasteiger charge is -2.34. The van der Waals surface area contributed by atoms with E-state index in [0.717, 1.165) is 16.9 Å². The van der Waals surface area contributed by atoms with E-state index in [2.05, 4.69) is 4.90 Å². The molecule has 7 nitrogen and oxygen atoms in total. The summed E-state index contributed by atoms with van der Waals surface area (Å²) in [6, 6.07) is 6.25. The minimum atomic E-state index is -0.464. The predicted octanol–water partition coefficient (Wildman–Crippen LogP) is 3.07. The smallest absolute Gasteiger partial charge is 0.283 e. The van der Waals surface area contributed by atoms with Crippen LogP contribution < -0.4 is 4.74 Å². The van der Waals surface area contributed by atoms with Gasteiger partial charge in [0.15, 0.2) is 11.6 Å². The van der Waals surface area contributed by atoms with E-state index in [0.29, 0.717) is 42.5 Å². The van der Waals surface area contributed by atoms with E-state index in [-0.39, 0.29) is 17.3 Å². The molecule has 2 heterocycles. The summed E-state index contributed by atoms with van der Waals surface area (Å²) in [7, 11) is 1.43. The van der Waals surface area contributed by atoms with Crippen LogP contribution in [0.1, 0.15) is 20.1 Å². The van der Waals surface area contributed by atoms with E-state index >= 15 is 0 Å². The fraction of sp³-hybridized carbons (Fsp3) is 0.389. The standard InChI is InChI=1S/C18H20FN3O4S/c1-12-15(22(24)25)10-17(27-12)18(23)21-7-5-20(6-8-21)11-13-3-4-16(26-2)14(19)9-13/h3-4,9-10H,5-8,11H2,1-2H3. The van der Waals surface area contributed by atoms with E-state index in [1.54, 1.807) is 17.9 Å². The summed E-state index contributed by atoms with van der Waals surface area (Å²) in [5.74, 6) is -0.348. The highest BCUT2D eigenvalue weighted by molar-refractivity contribution is 7.14. The van der Waals surface area contributed by atoms with Crippen LogP contribution in [0, 0.1) is 22.9 Å². The first kappa shape index (κ1) is 19.2. The number of benzene rings is 1. The molecule has 1 aromatic heterocycles. The number of carbonyl (C=O) groups is 1. The summed E-state index contributed by atoms with van der Waals surface area (Å²) >= 11 is 1.15. The van der Waals surface area contributed by atoms with Crippen LogP contribution in [-0.2, 0) is 6.54 Å². The molecule has 0 N–H and O–H groups in total. The normalized spacial score (nSPS) is 15.0. The molecular formula is C18H20FN3O4S. The maximum atomic E-state index is 13.8. The number of methoxy groups -OCH3 is 1. The Kier molecular flexibility index (Phi) is 5.71. The molecule has 0 unspecified atom stereocenters. The number of halogens is 1. The maximum Gasteiger partial charge on any atom is 0.283 e. The summed E-state index contributed by atoms with van der Waals surface area (Å²) in [6.45, 7) is 4.61. The van der Waals surface area contributed by atoms with Gasteiger partial charge >= 0.3 is 0 Å². The van der Waals surface area contributed by atoms with Gasteiger partial charge in [0.05, 0.1) is 21.8 Å². The fourth-order valence-corrected chi connectivity index (χ4v) is 4.05. The highest BCUT2D eigenvalue weighted by Gasteiger charge is 2.26. The van der Waals surface area contributed by atoms with E-state index in [1.807, 2.05) is 6.07 Å². The maximum absolute atomic E-state index is 13.8. The van der Waals surface area contributed by atoms with Crippen molar-refractivity contribution in [2.24, 2.45) is 0 Å². The van der Waals surface area contributed by atoms with Crippen molar-refractivity contribution >= 4 is 22.9 Å². The summed E-state index contributed by atoms with van der Waals surface area (Å²) in [5.41, 5.74) is 0.834. The van der Waals surface area contributed by atoms with Crippen molar-refractivity contribution in [3.8, 4) is 5.75 Å². The quantitative estimate of drug-likeness (QED) is 0.576. The van der Waals surface area contributed by atoms with Gasteiger partial charge in [-0.2, -0.15) is 0 Å². The molecule has 0 atom stereocenters. The molecule has 0 aliphatic carbocycles. The topological polar surface area (TPSA) is 75.9 Å². The zero-order valence-corrected chi connectivity index (χ0v) is 15.9. The van der Waals surface area contributed by atoms with E-state index in [4.69, 9.17) is 4.74 Å². The molecule has 1 aliphatic heterocycles. The van der Waals surface area contributed by atoms with Gasteiger partial charge in [-0.15, -0.1) is 11.3 Å². The van der Waals surface area contributed by atoms with E-state index in [9.17, 15) is 19.3 Å². The van der Waals surface area contributed by atoms with Crippen molar-refractivity contribution in [2.75, 3.05) is 33.3 Å². The summed E-state index contributed by atoms with van der Waals surface area (Å²) in [6.07, 6.45) is 0. The van der Waals surface area contributed by atoms with Crippen LogP contribution in [0.25, 0.3) is 0 Å². The number of ether oxygens (including phenoxy) is 1. The third-order valence-electron chi connectivity index (χ3n) is 4.58.